The molecular weight excluding hydrogens is 414 g/mol. The summed E-state index contributed by atoms with van der Waals surface area (Å²) in [5.74, 6) is 0.884. The van der Waals surface area contributed by atoms with E-state index < -0.39 is 10.0 Å². The molecular formula is C23H29N3O4S. The van der Waals surface area contributed by atoms with Crippen LogP contribution >= 0.6 is 0 Å². The Kier molecular flexibility index (Phi) is 8.06. The summed E-state index contributed by atoms with van der Waals surface area (Å²) >= 11 is 0. The molecule has 3 rings (SSSR count). The second-order valence-electron chi connectivity index (χ2n) is 7.45. The lowest BCUT2D eigenvalue weighted by Gasteiger charge is -2.11. The molecule has 7 nitrogen and oxygen atoms in total. The molecule has 1 heterocycles. The Morgan fingerprint density at radius 2 is 1.90 bits per heavy atom. The third-order valence-corrected chi connectivity index (χ3v) is 6.29. The summed E-state index contributed by atoms with van der Waals surface area (Å²) in [7, 11) is -3.76. The molecule has 0 unspecified atom stereocenters. The highest BCUT2D eigenvalue weighted by Gasteiger charge is 2.18. The van der Waals surface area contributed by atoms with Gasteiger partial charge in [0.1, 0.15) is 11.6 Å². The van der Waals surface area contributed by atoms with Crippen molar-refractivity contribution in [3.8, 4) is 5.75 Å². The van der Waals surface area contributed by atoms with E-state index in [4.69, 9.17) is 4.74 Å². The summed E-state index contributed by atoms with van der Waals surface area (Å²) in [6.45, 7) is 3.37. The fourth-order valence-electron chi connectivity index (χ4n) is 3.15. The highest BCUT2D eigenvalue weighted by Crippen LogP contribution is 2.18. The zero-order valence-corrected chi connectivity index (χ0v) is 18.6. The third-order valence-electron chi connectivity index (χ3n) is 4.91. The van der Waals surface area contributed by atoms with Crippen LogP contribution in [0.25, 0.3) is 0 Å². The number of nitrogens with zero attached hydrogens (tertiary/aromatic N) is 1. The average molecular weight is 444 g/mol. The van der Waals surface area contributed by atoms with Crippen molar-refractivity contribution in [2.24, 2.45) is 4.99 Å². The van der Waals surface area contributed by atoms with Gasteiger partial charge in [-0.05, 0) is 61.7 Å². The van der Waals surface area contributed by atoms with Crippen LogP contribution in [0.5, 0.6) is 5.75 Å². The minimum atomic E-state index is -3.76. The number of nitrogens with one attached hydrogen (secondary N) is 2. The summed E-state index contributed by atoms with van der Waals surface area (Å²) in [4.78, 5) is 17.0. The van der Waals surface area contributed by atoms with Gasteiger partial charge in [-0.3, -0.25) is 14.5 Å². The van der Waals surface area contributed by atoms with E-state index in [2.05, 4.69) is 22.0 Å². The zero-order chi connectivity index (χ0) is 22.1. The molecule has 0 atom stereocenters. The summed E-state index contributed by atoms with van der Waals surface area (Å²) in [6.07, 6.45) is 5.58. The zero-order valence-electron chi connectivity index (χ0n) is 17.8. The number of ether oxygens (including phenoxy) is 1. The van der Waals surface area contributed by atoms with E-state index in [9.17, 15) is 13.2 Å². The van der Waals surface area contributed by atoms with Crippen molar-refractivity contribution in [3.05, 3.63) is 54.1 Å². The third kappa shape index (κ3) is 6.82. The van der Waals surface area contributed by atoms with Crippen molar-refractivity contribution in [3.63, 3.8) is 0 Å². The van der Waals surface area contributed by atoms with E-state index >= 15 is 0 Å². The molecule has 0 aliphatic carbocycles. The predicted molar refractivity (Wildman–Crippen MR) is 122 cm³/mol. The molecule has 0 saturated heterocycles. The number of sulfonamides is 1. The van der Waals surface area contributed by atoms with Gasteiger partial charge in [0, 0.05) is 24.2 Å². The molecule has 0 radical (unpaired) electrons. The smallest absolute Gasteiger partial charge is 0.262 e. The number of benzene rings is 2. The Balaban J connectivity index is 1.65. The molecule has 2 aromatic carbocycles. The molecule has 166 valence electrons. The molecule has 8 heteroatoms. The van der Waals surface area contributed by atoms with Crippen LogP contribution in [0.2, 0.25) is 0 Å². The van der Waals surface area contributed by atoms with E-state index in [-0.39, 0.29) is 10.8 Å². The Morgan fingerprint density at radius 1 is 1.10 bits per heavy atom. The van der Waals surface area contributed by atoms with Crippen LogP contribution in [0.1, 0.15) is 55.8 Å². The molecule has 0 fully saturated rings. The van der Waals surface area contributed by atoms with E-state index in [1.54, 1.807) is 36.4 Å². The molecule has 31 heavy (non-hydrogen) atoms. The molecule has 1 aliphatic heterocycles. The summed E-state index contributed by atoms with van der Waals surface area (Å²) < 4.78 is 33.7. The van der Waals surface area contributed by atoms with Gasteiger partial charge in [-0.15, -0.1) is 0 Å². The van der Waals surface area contributed by atoms with Gasteiger partial charge in [-0.1, -0.05) is 25.8 Å². The Morgan fingerprint density at radius 3 is 2.68 bits per heavy atom. The van der Waals surface area contributed by atoms with Crippen molar-refractivity contribution < 1.29 is 17.9 Å². The maximum atomic E-state index is 12.7. The monoisotopic (exact) mass is 443 g/mol. The molecule has 2 N–H and O–H groups in total. The maximum absolute atomic E-state index is 12.7. The number of carbonyl (C=O) groups is 1. The molecule has 0 aromatic heterocycles. The number of hydrogen-bond donors (Lipinski definition) is 2. The largest absolute Gasteiger partial charge is 0.494 e. The summed E-state index contributed by atoms with van der Waals surface area (Å²) in [5, 5.41) is 2.75. The number of hydrogen-bond acceptors (Lipinski definition) is 5. The SMILES string of the molecule is CCCCOc1ccc(C(=O)Nc2cccc(S(=O)(=O)NC3=NCCCCC3)c2)cc1. The standard InChI is InChI=1S/C23H29N3O4S/c1-2-3-16-30-20-13-11-18(12-14-20)23(27)25-19-8-7-9-21(17-19)31(28,29)26-22-10-5-4-6-15-24-22/h7-9,11-14,17H,2-6,10,15-16H2,1H3,(H,24,26)(H,25,27). The minimum Gasteiger partial charge on any atom is -0.494 e. The predicted octanol–water partition coefficient (Wildman–Crippen LogP) is 4.37. The van der Waals surface area contributed by atoms with Gasteiger partial charge in [-0.2, -0.15) is 0 Å². The number of unbranched alkanes of at least 4 members (excludes halogenated alkanes) is 1. The van der Waals surface area contributed by atoms with Crippen molar-refractivity contribution in [2.45, 2.75) is 50.3 Å². The highest BCUT2D eigenvalue weighted by molar-refractivity contribution is 7.90. The average Bonchev–Trinajstić information content (AvgIpc) is 3.03. The van der Waals surface area contributed by atoms with Gasteiger partial charge >= 0.3 is 0 Å². The van der Waals surface area contributed by atoms with E-state index in [1.165, 1.54) is 12.1 Å². The second kappa shape index (κ2) is 10.9. The summed E-state index contributed by atoms with van der Waals surface area (Å²) in [5.41, 5.74) is 0.862. The van der Waals surface area contributed by atoms with Gasteiger partial charge in [-0.25, -0.2) is 8.42 Å². The Labute approximate surface area is 184 Å². The fraction of sp³-hybridized carbons (Fsp3) is 0.391. The van der Waals surface area contributed by atoms with Gasteiger partial charge in [0.25, 0.3) is 15.9 Å². The van der Waals surface area contributed by atoms with Crippen molar-refractivity contribution >= 4 is 27.5 Å². The Bertz CT molecular complexity index is 1020. The molecule has 0 saturated carbocycles. The molecule has 1 amide bonds. The normalized spacial score (nSPS) is 14.3. The highest BCUT2D eigenvalue weighted by atomic mass is 32.2. The number of aliphatic imine (C=N–C) groups is 1. The van der Waals surface area contributed by atoms with Crippen LogP contribution in [0.15, 0.2) is 58.4 Å². The first-order valence-corrected chi connectivity index (χ1v) is 12.2. The number of amides is 1. The number of carbonyl (C=O) groups excluding carboxylic acids is 1. The first-order valence-electron chi connectivity index (χ1n) is 10.7. The van der Waals surface area contributed by atoms with Crippen molar-refractivity contribution in [1.82, 2.24) is 4.72 Å². The van der Waals surface area contributed by atoms with Crippen LogP contribution in [0, 0.1) is 0 Å². The molecule has 2 aromatic rings. The van der Waals surface area contributed by atoms with Crippen LogP contribution in [0.4, 0.5) is 5.69 Å². The van der Waals surface area contributed by atoms with Gasteiger partial charge in [0.15, 0.2) is 0 Å². The lowest BCUT2D eigenvalue weighted by molar-refractivity contribution is 0.102. The van der Waals surface area contributed by atoms with E-state index in [1.807, 2.05) is 0 Å². The first-order chi connectivity index (χ1) is 15.0. The quantitative estimate of drug-likeness (QED) is 0.592. The lowest BCUT2D eigenvalue weighted by atomic mass is 10.2. The molecule has 0 bridgehead atoms. The van der Waals surface area contributed by atoms with Crippen LogP contribution < -0.4 is 14.8 Å². The second-order valence-corrected chi connectivity index (χ2v) is 9.14. The number of anilines is 1. The van der Waals surface area contributed by atoms with E-state index in [0.29, 0.717) is 42.4 Å². The summed E-state index contributed by atoms with van der Waals surface area (Å²) in [6, 6.07) is 13.1. The number of rotatable bonds is 8. The lowest BCUT2D eigenvalue weighted by Crippen LogP contribution is -2.30. The molecule has 0 spiro atoms. The first kappa shape index (κ1) is 22.8. The van der Waals surface area contributed by atoms with Crippen LogP contribution in [0.3, 0.4) is 0 Å². The van der Waals surface area contributed by atoms with E-state index in [0.717, 1.165) is 32.1 Å². The van der Waals surface area contributed by atoms with Crippen molar-refractivity contribution in [1.29, 1.82) is 0 Å². The van der Waals surface area contributed by atoms with Gasteiger partial charge < -0.3 is 10.1 Å². The van der Waals surface area contributed by atoms with Crippen LogP contribution in [-0.4, -0.2) is 33.3 Å². The topological polar surface area (TPSA) is 96.9 Å². The van der Waals surface area contributed by atoms with Crippen molar-refractivity contribution in [2.75, 3.05) is 18.5 Å². The fourth-order valence-corrected chi connectivity index (χ4v) is 4.29. The van der Waals surface area contributed by atoms with Crippen LogP contribution in [-0.2, 0) is 10.0 Å². The number of amidine groups is 1. The van der Waals surface area contributed by atoms with Gasteiger partial charge in [0.2, 0.25) is 0 Å². The maximum Gasteiger partial charge on any atom is 0.262 e. The van der Waals surface area contributed by atoms with Gasteiger partial charge in [0.05, 0.1) is 11.5 Å². The molecule has 1 aliphatic rings. The minimum absolute atomic E-state index is 0.0805. The Hall–Kier alpha value is -2.87.